The Morgan fingerprint density at radius 1 is 1.53 bits per heavy atom. The van der Waals surface area contributed by atoms with Gasteiger partial charge in [0.05, 0.1) is 10.8 Å². The minimum atomic E-state index is -3.41. The van der Waals surface area contributed by atoms with E-state index in [1.54, 1.807) is 20.8 Å². The summed E-state index contributed by atoms with van der Waals surface area (Å²) in [6, 6.07) is -0.113. The van der Waals surface area contributed by atoms with Gasteiger partial charge in [-0.1, -0.05) is 0 Å². The maximum absolute atomic E-state index is 11.9. The van der Waals surface area contributed by atoms with Gasteiger partial charge in [-0.3, -0.25) is 0 Å². The van der Waals surface area contributed by atoms with Crippen LogP contribution in [-0.2, 0) is 15.9 Å². The summed E-state index contributed by atoms with van der Waals surface area (Å²) in [5.41, 5.74) is 0.754. The number of alkyl halides is 1. The third-order valence-corrected chi connectivity index (χ3v) is 5.32. The fourth-order valence-corrected chi connectivity index (χ4v) is 4.62. The molecule has 15 heavy (non-hydrogen) atoms. The van der Waals surface area contributed by atoms with Crippen LogP contribution in [0.5, 0.6) is 0 Å². The van der Waals surface area contributed by atoms with E-state index in [1.807, 2.05) is 5.38 Å². The van der Waals surface area contributed by atoms with Gasteiger partial charge in [-0.05, 0) is 31.7 Å². The Morgan fingerprint density at radius 3 is 2.60 bits per heavy atom. The van der Waals surface area contributed by atoms with Crippen LogP contribution in [-0.4, -0.2) is 14.5 Å². The van der Waals surface area contributed by atoms with Gasteiger partial charge < -0.3 is 0 Å². The summed E-state index contributed by atoms with van der Waals surface area (Å²) < 4.78 is 26.4. The Hall–Kier alpha value is -0.100. The number of sulfonamides is 1. The number of hydrogen-bond acceptors (Lipinski definition) is 3. The highest BCUT2D eigenvalue weighted by molar-refractivity contribution is 7.89. The fraction of sp³-hybridized carbons (Fsp3) is 0.556. The van der Waals surface area contributed by atoms with Crippen molar-refractivity contribution in [2.75, 3.05) is 0 Å². The van der Waals surface area contributed by atoms with Crippen molar-refractivity contribution in [3.05, 3.63) is 15.8 Å². The van der Waals surface area contributed by atoms with E-state index in [0.717, 1.165) is 5.56 Å². The predicted octanol–water partition coefficient (Wildman–Crippen LogP) is 2.48. The van der Waals surface area contributed by atoms with E-state index in [0.29, 0.717) is 9.77 Å². The van der Waals surface area contributed by atoms with Crippen LogP contribution < -0.4 is 4.72 Å². The molecule has 1 heterocycles. The number of thiophene rings is 1. The number of rotatable bonds is 4. The first-order valence-electron chi connectivity index (χ1n) is 4.53. The van der Waals surface area contributed by atoms with Crippen molar-refractivity contribution in [1.82, 2.24) is 4.72 Å². The quantitative estimate of drug-likeness (QED) is 0.852. The molecule has 0 saturated heterocycles. The van der Waals surface area contributed by atoms with Crippen LogP contribution in [0.2, 0.25) is 0 Å². The van der Waals surface area contributed by atoms with Gasteiger partial charge >= 0.3 is 0 Å². The number of aryl methyl sites for hydroxylation is 1. The minimum absolute atomic E-state index is 0.113. The Kier molecular flexibility index (Phi) is 4.17. The molecule has 86 valence electrons. The summed E-state index contributed by atoms with van der Waals surface area (Å²) in [5, 5.41) is 1.81. The van der Waals surface area contributed by atoms with Crippen molar-refractivity contribution in [2.45, 2.75) is 37.6 Å². The third-order valence-electron chi connectivity index (χ3n) is 1.77. The Balaban J connectivity index is 3.20. The van der Waals surface area contributed by atoms with E-state index in [2.05, 4.69) is 4.72 Å². The van der Waals surface area contributed by atoms with Crippen molar-refractivity contribution in [2.24, 2.45) is 0 Å². The van der Waals surface area contributed by atoms with Crippen LogP contribution in [0.15, 0.2) is 10.3 Å². The van der Waals surface area contributed by atoms with E-state index in [9.17, 15) is 8.42 Å². The molecule has 1 N–H and O–H groups in total. The van der Waals surface area contributed by atoms with Crippen LogP contribution in [0.3, 0.4) is 0 Å². The smallest absolute Gasteiger partial charge is 0.209 e. The first-order chi connectivity index (χ1) is 6.88. The second-order valence-electron chi connectivity index (χ2n) is 3.58. The van der Waals surface area contributed by atoms with E-state index in [4.69, 9.17) is 11.6 Å². The van der Waals surface area contributed by atoms with Crippen LogP contribution in [0.1, 0.15) is 24.3 Å². The molecule has 0 bridgehead atoms. The molecule has 6 heteroatoms. The lowest BCUT2D eigenvalue weighted by Crippen LogP contribution is -2.30. The summed E-state index contributed by atoms with van der Waals surface area (Å²) in [6.07, 6.45) is 0. The van der Waals surface area contributed by atoms with Crippen molar-refractivity contribution in [3.8, 4) is 0 Å². The standard InChI is InChI=1S/C9H14ClNO2S2/c1-6(2)11-15(12,13)9-7(3)5-14-8(9)4-10/h5-6,11H,4H2,1-3H3. The summed E-state index contributed by atoms with van der Waals surface area (Å²) in [6.45, 7) is 5.36. The normalized spacial score (nSPS) is 12.3. The average molecular weight is 268 g/mol. The molecule has 0 aliphatic carbocycles. The van der Waals surface area contributed by atoms with Crippen molar-refractivity contribution >= 4 is 33.0 Å². The van der Waals surface area contributed by atoms with Gasteiger partial charge in [0, 0.05) is 10.9 Å². The molecule has 0 aromatic carbocycles. The zero-order chi connectivity index (χ0) is 11.6. The molecule has 0 amide bonds. The summed E-state index contributed by atoms with van der Waals surface area (Å²) in [4.78, 5) is 1.04. The fourth-order valence-electron chi connectivity index (χ4n) is 1.31. The second-order valence-corrected chi connectivity index (χ2v) is 6.46. The summed E-state index contributed by atoms with van der Waals surface area (Å²) in [5.74, 6) is 0.229. The molecular formula is C9H14ClNO2S2. The van der Waals surface area contributed by atoms with E-state index < -0.39 is 10.0 Å². The van der Waals surface area contributed by atoms with Gasteiger partial charge in [-0.2, -0.15) is 0 Å². The highest BCUT2D eigenvalue weighted by atomic mass is 35.5. The first-order valence-corrected chi connectivity index (χ1v) is 7.43. The molecular weight excluding hydrogens is 254 g/mol. The molecule has 1 aromatic rings. The van der Waals surface area contributed by atoms with E-state index >= 15 is 0 Å². The van der Waals surface area contributed by atoms with Crippen LogP contribution in [0.25, 0.3) is 0 Å². The number of halogens is 1. The maximum Gasteiger partial charge on any atom is 0.242 e. The molecule has 0 saturated carbocycles. The van der Waals surface area contributed by atoms with Gasteiger partial charge in [-0.15, -0.1) is 22.9 Å². The lowest BCUT2D eigenvalue weighted by atomic mass is 10.3. The Labute approximate surface area is 99.5 Å². The predicted molar refractivity (Wildman–Crippen MR) is 64.1 cm³/mol. The molecule has 0 aliphatic heterocycles. The van der Waals surface area contributed by atoms with Gasteiger partial charge in [-0.25, -0.2) is 13.1 Å². The molecule has 1 aromatic heterocycles. The first kappa shape index (κ1) is 13.0. The molecule has 0 atom stereocenters. The SMILES string of the molecule is Cc1csc(CCl)c1S(=O)(=O)NC(C)C. The summed E-state index contributed by atoms with van der Waals surface area (Å²) >= 11 is 7.09. The van der Waals surface area contributed by atoms with Crippen LogP contribution in [0.4, 0.5) is 0 Å². The van der Waals surface area contributed by atoms with Gasteiger partial charge in [0.2, 0.25) is 10.0 Å². The van der Waals surface area contributed by atoms with Crippen LogP contribution in [0, 0.1) is 6.92 Å². The van der Waals surface area contributed by atoms with Crippen molar-refractivity contribution in [1.29, 1.82) is 0 Å². The van der Waals surface area contributed by atoms with Crippen molar-refractivity contribution < 1.29 is 8.42 Å². The van der Waals surface area contributed by atoms with Gasteiger partial charge in [0.1, 0.15) is 0 Å². The Morgan fingerprint density at radius 2 is 2.13 bits per heavy atom. The van der Waals surface area contributed by atoms with E-state index in [1.165, 1.54) is 11.3 Å². The zero-order valence-electron chi connectivity index (χ0n) is 8.87. The Bertz CT molecular complexity index is 437. The van der Waals surface area contributed by atoms with Crippen LogP contribution >= 0.6 is 22.9 Å². The average Bonchev–Trinajstić information content (AvgIpc) is 2.44. The monoisotopic (exact) mass is 267 g/mol. The largest absolute Gasteiger partial charge is 0.242 e. The molecule has 0 radical (unpaired) electrons. The minimum Gasteiger partial charge on any atom is -0.209 e. The van der Waals surface area contributed by atoms with Gasteiger partial charge in [0.15, 0.2) is 0 Å². The van der Waals surface area contributed by atoms with Gasteiger partial charge in [0.25, 0.3) is 0 Å². The molecule has 0 fully saturated rings. The summed E-state index contributed by atoms with van der Waals surface area (Å²) in [7, 11) is -3.41. The maximum atomic E-state index is 11.9. The lowest BCUT2D eigenvalue weighted by Gasteiger charge is -2.10. The zero-order valence-corrected chi connectivity index (χ0v) is 11.3. The molecule has 0 spiro atoms. The number of hydrogen-bond donors (Lipinski definition) is 1. The molecule has 3 nitrogen and oxygen atoms in total. The molecule has 1 rings (SSSR count). The number of nitrogens with one attached hydrogen (secondary N) is 1. The molecule has 0 unspecified atom stereocenters. The third kappa shape index (κ3) is 2.93. The second kappa shape index (κ2) is 4.82. The highest BCUT2D eigenvalue weighted by Crippen LogP contribution is 2.28. The molecule has 0 aliphatic rings. The highest BCUT2D eigenvalue weighted by Gasteiger charge is 2.22. The topological polar surface area (TPSA) is 46.2 Å². The van der Waals surface area contributed by atoms with Crippen molar-refractivity contribution in [3.63, 3.8) is 0 Å². The van der Waals surface area contributed by atoms with E-state index in [-0.39, 0.29) is 11.9 Å². The lowest BCUT2D eigenvalue weighted by molar-refractivity contribution is 0.569.